The standard InChI is InChI=1S/C14H24N4O2S2/c1-17(22(19,20)13-7-6-12-21-13)11-8-16-14(15)18-9-4-2-3-5-10-18/h6-7,12H,2-5,8-11H2,1H3,(H2,15,16). The second kappa shape index (κ2) is 7.94. The van der Waals surface area contributed by atoms with E-state index in [0.717, 1.165) is 25.9 Å². The summed E-state index contributed by atoms with van der Waals surface area (Å²) < 4.78 is 26.2. The van der Waals surface area contributed by atoms with Crippen molar-refractivity contribution < 1.29 is 8.42 Å². The van der Waals surface area contributed by atoms with E-state index in [9.17, 15) is 8.42 Å². The zero-order valence-corrected chi connectivity index (χ0v) is 14.6. The van der Waals surface area contributed by atoms with Gasteiger partial charge in [0, 0.05) is 26.7 Å². The highest BCUT2D eigenvalue weighted by Gasteiger charge is 2.21. The second-order valence-corrected chi connectivity index (χ2v) is 8.62. The third-order valence-electron chi connectivity index (χ3n) is 3.78. The van der Waals surface area contributed by atoms with Gasteiger partial charge < -0.3 is 10.6 Å². The van der Waals surface area contributed by atoms with E-state index in [4.69, 9.17) is 5.73 Å². The third-order valence-corrected chi connectivity index (χ3v) is 7.01. The Labute approximate surface area is 136 Å². The molecule has 0 saturated carbocycles. The molecule has 8 heteroatoms. The second-order valence-electron chi connectivity index (χ2n) is 5.40. The number of thiophene rings is 1. The molecule has 0 radical (unpaired) electrons. The van der Waals surface area contributed by atoms with Crippen LogP contribution in [-0.2, 0) is 10.0 Å². The number of hydrogen-bond acceptors (Lipinski definition) is 4. The number of likely N-dealkylation sites (N-methyl/N-ethyl adjacent to an activating group) is 1. The van der Waals surface area contributed by atoms with Gasteiger partial charge in [0.05, 0.1) is 6.54 Å². The number of guanidine groups is 1. The van der Waals surface area contributed by atoms with Crippen molar-refractivity contribution in [2.24, 2.45) is 10.7 Å². The van der Waals surface area contributed by atoms with Gasteiger partial charge in [-0.2, -0.15) is 4.31 Å². The maximum absolute atomic E-state index is 12.3. The van der Waals surface area contributed by atoms with Gasteiger partial charge in [0.1, 0.15) is 4.21 Å². The molecule has 0 aliphatic carbocycles. The monoisotopic (exact) mass is 344 g/mol. The lowest BCUT2D eigenvalue weighted by molar-refractivity contribution is 0.426. The Bertz CT molecular complexity index is 576. The van der Waals surface area contributed by atoms with Crippen LogP contribution in [0.4, 0.5) is 0 Å². The Morgan fingerprint density at radius 1 is 1.36 bits per heavy atom. The fraction of sp³-hybridized carbons (Fsp3) is 0.643. The van der Waals surface area contributed by atoms with Crippen LogP contribution in [0.3, 0.4) is 0 Å². The van der Waals surface area contributed by atoms with Crippen LogP contribution in [-0.4, -0.2) is 56.8 Å². The molecule has 0 aromatic carbocycles. The molecule has 2 N–H and O–H groups in total. The number of nitrogens with zero attached hydrogens (tertiary/aromatic N) is 3. The molecular weight excluding hydrogens is 320 g/mol. The lowest BCUT2D eigenvalue weighted by Crippen LogP contribution is -2.38. The molecule has 2 rings (SSSR count). The minimum Gasteiger partial charge on any atom is -0.370 e. The molecule has 0 unspecified atom stereocenters. The van der Waals surface area contributed by atoms with Crippen LogP contribution in [0.2, 0.25) is 0 Å². The predicted molar refractivity (Wildman–Crippen MR) is 90.7 cm³/mol. The molecule has 1 saturated heterocycles. The molecule has 22 heavy (non-hydrogen) atoms. The molecule has 0 atom stereocenters. The highest BCUT2D eigenvalue weighted by atomic mass is 32.2. The van der Waals surface area contributed by atoms with Gasteiger partial charge in [-0.15, -0.1) is 11.3 Å². The van der Waals surface area contributed by atoms with Crippen molar-refractivity contribution >= 4 is 27.3 Å². The summed E-state index contributed by atoms with van der Waals surface area (Å²) >= 11 is 1.22. The Kier molecular flexibility index (Phi) is 6.22. The Morgan fingerprint density at radius 2 is 2.05 bits per heavy atom. The molecular formula is C14H24N4O2S2. The first kappa shape index (κ1) is 17.2. The van der Waals surface area contributed by atoms with Crippen LogP contribution in [0.5, 0.6) is 0 Å². The van der Waals surface area contributed by atoms with E-state index >= 15 is 0 Å². The minimum atomic E-state index is -3.40. The summed E-state index contributed by atoms with van der Waals surface area (Å²) in [7, 11) is -1.82. The summed E-state index contributed by atoms with van der Waals surface area (Å²) in [6.45, 7) is 2.59. The van der Waals surface area contributed by atoms with Crippen LogP contribution < -0.4 is 5.73 Å². The quantitative estimate of drug-likeness (QED) is 0.649. The van der Waals surface area contributed by atoms with Crippen molar-refractivity contribution in [2.75, 3.05) is 33.2 Å². The molecule has 0 bridgehead atoms. The van der Waals surface area contributed by atoms with Crippen molar-refractivity contribution in [1.29, 1.82) is 0 Å². The average molecular weight is 345 g/mol. The van der Waals surface area contributed by atoms with Gasteiger partial charge in [0.15, 0.2) is 5.96 Å². The Morgan fingerprint density at radius 3 is 2.64 bits per heavy atom. The maximum atomic E-state index is 12.3. The largest absolute Gasteiger partial charge is 0.370 e. The van der Waals surface area contributed by atoms with E-state index in [1.807, 2.05) is 0 Å². The lowest BCUT2D eigenvalue weighted by atomic mass is 10.2. The molecule has 2 heterocycles. The van der Waals surface area contributed by atoms with Gasteiger partial charge in [0.2, 0.25) is 0 Å². The van der Waals surface area contributed by atoms with Gasteiger partial charge in [-0.1, -0.05) is 18.9 Å². The van der Waals surface area contributed by atoms with Gasteiger partial charge in [-0.05, 0) is 24.3 Å². The van der Waals surface area contributed by atoms with E-state index in [1.165, 1.54) is 28.5 Å². The average Bonchev–Trinajstić information content (AvgIpc) is 2.90. The zero-order valence-electron chi connectivity index (χ0n) is 12.9. The highest BCUT2D eigenvalue weighted by Crippen LogP contribution is 2.19. The fourth-order valence-electron chi connectivity index (χ4n) is 2.39. The van der Waals surface area contributed by atoms with E-state index in [-0.39, 0.29) is 0 Å². The van der Waals surface area contributed by atoms with E-state index in [1.54, 1.807) is 24.6 Å². The number of aliphatic imine (C=N–C) groups is 1. The summed E-state index contributed by atoms with van der Waals surface area (Å²) in [5.41, 5.74) is 6.02. The summed E-state index contributed by atoms with van der Waals surface area (Å²) in [6, 6.07) is 3.35. The van der Waals surface area contributed by atoms with Crippen LogP contribution in [0.1, 0.15) is 25.7 Å². The third kappa shape index (κ3) is 4.44. The number of hydrogen-bond donors (Lipinski definition) is 1. The van der Waals surface area contributed by atoms with Gasteiger partial charge in [-0.25, -0.2) is 8.42 Å². The molecule has 1 fully saturated rings. The van der Waals surface area contributed by atoms with Gasteiger partial charge in [-0.3, -0.25) is 4.99 Å². The summed E-state index contributed by atoms with van der Waals surface area (Å²) in [5.74, 6) is 0.531. The number of nitrogens with two attached hydrogens (primary N) is 1. The molecule has 0 amide bonds. The number of rotatable bonds is 5. The topological polar surface area (TPSA) is 79.0 Å². The van der Waals surface area contributed by atoms with Gasteiger partial charge >= 0.3 is 0 Å². The first-order chi connectivity index (χ1) is 10.5. The van der Waals surface area contributed by atoms with Crippen molar-refractivity contribution in [2.45, 2.75) is 29.9 Å². The molecule has 1 aromatic rings. The Hall–Kier alpha value is -1.12. The van der Waals surface area contributed by atoms with Crippen molar-refractivity contribution in [1.82, 2.24) is 9.21 Å². The van der Waals surface area contributed by atoms with Crippen molar-refractivity contribution in [3.63, 3.8) is 0 Å². The molecule has 0 spiro atoms. The smallest absolute Gasteiger partial charge is 0.252 e. The van der Waals surface area contributed by atoms with Crippen LogP contribution >= 0.6 is 11.3 Å². The van der Waals surface area contributed by atoms with E-state index in [2.05, 4.69) is 9.89 Å². The summed E-state index contributed by atoms with van der Waals surface area (Å²) in [4.78, 5) is 6.44. The van der Waals surface area contributed by atoms with Crippen molar-refractivity contribution in [3.05, 3.63) is 17.5 Å². The normalized spacial score (nSPS) is 17.7. The minimum absolute atomic E-state index is 0.328. The Balaban J connectivity index is 1.88. The SMILES string of the molecule is CN(CCN=C(N)N1CCCCCC1)S(=O)(=O)c1cccs1. The first-order valence-corrected chi connectivity index (χ1v) is 9.88. The molecule has 6 nitrogen and oxygen atoms in total. The maximum Gasteiger partial charge on any atom is 0.252 e. The van der Waals surface area contributed by atoms with E-state index < -0.39 is 10.0 Å². The fourth-order valence-corrected chi connectivity index (χ4v) is 4.75. The van der Waals surface area contributed by atoms with E-state index in [0.29, 0.717) is 23.3 Å². The summed E-state index contributed by atoms with van der Waals surface area (Å²) in [6.07, 6.45) is 4.77. The van der Waals surface area contributed by atoms with Crippen LogP contribution in [0.25, 0.3) is 0 Å². The van der Waals surface area contributed by atoms with Crippen molar-refractivity contribution in [3.8, 4) is 0 Å². The van der Waals surface area contributed by atoms with Gasteiger partial charge in [0.25, 0.3) is 10.0 Å². The first-order valence-electron chi connectivity index (χ1n) is 7.56. The number of sulfonamides is 1. The molecule has 1 aromatic heterocycles. The predicted octanol–water partition coefficient (Wildman–Crippen LogP) is 1.56. The number of likely N-dealkylation sites (tertiary alicyclic amines) is 1. The molecule has 1 aliphatic rings. The van der Waals surface area contributed by atoms with Crippen LogP contribution in [0.15, 0.2) is 26.7 Å². The lowest BCUT2D eigenvalue weighted by Gasteiger charge is -2.21. The van der Waals surface area contributed by atoms with Crippen LogP contribution in [0, 0.1) is 0 Å². The summed E-state index contributed by atoms with van der Waals surface area (Å²) in [5, 5.41) is 1.76. The molecule has 124 valence electrons. The highest BCUT2D eigenvalue weighted by molar-refractivity contribution is 7.91. The zero-order chi connectivity index (χ0) is 16.0. The molecule has 1 aliphatic heterocycles.